The average Bonchev–Trinajstić information content (AvgIpc) is 3.26. The molecule has 1 spiro atoms. The summed E-state index contributed by atoms with van der Waals surface area (Å²) in [7, 11) is 0. The predicted octanol–water partition coefficient (Wildman–Crippen LogP) is 3.20. The van der Waals surface area contributed by atoms with Crippen LogP contribution < -0.4 is 10.6 Å². The Morgan fingerprint density at radius 1 is 1.14 bits per heavy atom. The first-order chi connectivity index (χ1) is 13.6. The van der Waals surface area contributed by atoms with E-state index in [1.165, 1.54) is 5.56 Å². The summed E-state index contributed by atoms with van der Waals surface area (Å²) in [6.45, 7) is 3.98. The lowest BCUT2D eigenvalue weighted by molar-refractivity contribution is -0.123. The van der Waals surface area contributed by atoms with Gasteiger partial charge >= 0.3 is 6.03 Å². The smallest absolute Gasteiger partial charge is 0.321 e. The normalized spacial score (nSPS) is 22.9. The third kappa shape index (κ3) is 3.86. The number of hydrogen-bond acceptors (Lipinski definition) is 3. The summed E-state index contributed by atoms with van der Waals surface area (Å²) in [5.41, 5.74) is 3.06. The van der Waals surface area contributed by atoms with Crippen LogP contribution in [0.1, 0.15) is 30.9 Å². The van der Waals surface area contributed by atoms with Crippen molar-refractivity contribution >= 4 is 17.6 Å². The van der Waals surface area contributed by atoms with Crippen molar-refractivity contribution in [1.82, 2.24) is 15.2 Å². The number of nitrogens with one attached hydrogen (secondary N) is 2. The monoisotopic (exact) mass is 378 g/mol. The summed E-state index contributed by atoms with van der Waals surface area (Å²) >= 11 is 0. The highest BCUT2D eigenvalue weighted by Gasteiger charge is 2.61. The fraction of sp³-hybridized carbons (Fsp3) is 0.409. The summed E-state index contributed by atoms with van der Waals surface area (Å²) in [6.07, 6.45) is 6.19. The molecule has 1 aliphatic heterocycles. The number of benzene rings is 1. The van der Waals surface area contributed by atoms with Crippen LogP contribution in [0.15, 0.2) is 48.8 Å². The number of urea groups is 1. The lowest BCUT2D eigenvalue weighted by Crippen LogP contribution is -2.34. The van der Waals surface area contributed by atoms with Crippen LogP contribution in [0.25, 0.3) is 0 Å². The molecule has 6 nitrogen and oxygen atoms in total. The number of hydrogen-bond donors (Lipinski definition) is 2. The van der Waals surface area contributed by atoms with E-state index in [9.17, 15) is 9.59 Å². The lowest BCUT2D eigenvalue weighted by Gasteiger charge is -2.18. The van der Waals surface area contributed by atoms with Crippen molar-refractivity contribution in [3.05, 3.63) is 59.9 Å². The van der Waals surface area contributed by atoms with E-state index in [1.54, 1.807) is 12.4 Å². The molecule has 2 heterocycles. The highest BCUT2D eigenvalue weighted by Crippen LogP contribution is 2.58. The van der Waals surface area contributed by atoms with Crippen LogP contribution in [0.5, 0.6) is 0 Å². The highest BCUT2D eigenvalue weighted by atomic mass is 16.2. The Morgan fingerprint density at radius 2 is 1.89 bits per heavy atom. The van der Waals surface area contributed by atoms with Gasteiger partial charge in [-0.1, -0.05) is 19.1 Å². The van der Waals surface area contributed by atoms with Gasteiger partial charge in [0.05, 0.1) is 0 Å². The molecular formula is C22H26N4O2. The molecule has 0 radical (unpaired) electrons. The van der Waals surface area contributed by atoms with Crippen LogP contribution in [-0.2, 0) is 17.8 Å². The van der Waals surface area contributed by atoms with E-state index in [4.69, 9.17) is 0 Å². The largest absolute Gasteiger partial charge is 0.352 e. The van der Waals surface area contributed by atoms with Gasteiger partial charge in [0, 0.05) is 49.0 Å². The van der Waals surface area contributed by atoms with Gasteiger partial charge in [0.25, 0.3) is 0 Å². The number of likely N-dealkylation sites (tertiary alicyclic amines) is 1. The van der Waals surface area contributed by atoms with Crippen LogP contribution in [0.3, 0.4) is 0 Å². The Balaban J connectivity index is 1.27. The molecular weight excluding hydrogens is 352 g/mol. The predicted molar refractivity (Wildman–Crippen MR) is 108 cm³/mol. The number of aryl methyl sites for hydroxylation is 1. The van der Waals surface area contributed by atoms with Crippen LogP contribution >= 0.6 is 0 Å². The molecule has 2 atom stereocenters. The Kier molecular flexibility index (Phi) is 5.03. The number of nitrogens with zero attached hydrogens (tertiary/aromatic N) is 2. The maximum atomic E-state index is 12.6. The second kappa shape index (κ2) is 7.62. The molecule has 2 N–H and O–H groups in total. The number of carbonyl (C=O) groups excluding carboxylic acids is 2. The number of anilines is 1. The molecule has 1 saturated heterocycles. The van der Waals surface area contributed by atoms with Crippen molar-refractivity contribution in [2.75, 3.05) is 18.4 Å². The molecule has 6 heteroatoms. The Hall–Kier alpha value is -2.89. The highest BCUT2D eigenvalue weighted by molar-refractivity contribution is 5.90. The minimum atomic E-state index is -0.0797. The van der Waals surface area contributed by atoms with Crippen LogP contribution in [0.2, 0.25) is 0 Å². The first kappa shape index (κ1) is 18.5. The second-order valence-corrected chi connectivity index (χ2v) is 7.84. The molecule has 1 aliphatic carbocycles. The number of rotatable bonds is 5. The zero-order valence-corrected chi connectivity index (χ0v) is 16.1. The molecule has 2 aromatic rings. The van der Waals surface area contributed by atoms with Gasteiger partial charge in [-0.3, -0.25) is 9.78 Å². The summed E-state index contributed by atoms with van der Waals surface area (Å²) in [6, 6.07) is 11.7. The van der Waals surface area contributed by atoms with Gasteiger partial charge in [0.15, 0.2) is 0 Å². The maximum absolute atomic E-state index is 12.6. The number of carbonyl (C=O) groups is 2. The zero-order chi connectivity index (χ0) is 19.6. The minimum Gasteiger partial charge on any atom is -0.352 e. The van der Waals surface area contributed by atoms with Crippen molar-refractivity contribution in [3.63, 3.8) is 0 Å². The standard InChI is InChI=1S/C22H26N4O2/c1-2-16-3-5-18(6-4-16)25-21(28)26-12-9-22(15-26)13-19(22)20(27)24-14-17-7-10-23-11-8-17/h3-8,10-11,19H,2,9,12-15H2,1H3,(H,24,27)(H,25,28). The Morgan fingerprint density at radius 3 is 2.61 bits per heavy atom. The van der Waals surface area contributed by atoms with Crippen molar-refractivity contribution < 1.29 is 9.59 Å². The van der Waals surface area contributed by atoms with E-state index < -0.39 is 0 Å². The molecule has 3 amide bonds. The fourth-order valence-electron chi connectivity index (χ4n) is 4.08. The fourth-order valence-corrected chi connectivity index (χ4v) is 4.08. The molecule has 1 aromatic heterocycles. The average molecular weight is 378 g/mol. The van der Waals surface area contributed by atoms with Gasteiger partial charge in [-0.05, 0) is 54.7 Å². The SMILES string of the molecule is CCc1ccc(NC(=O)N2CCC3(CC3C(=O)NCc3ccncc3)C2)cc1. The van der Waals surface area contributed by atoms with Gasteiger partial charge in [-0.2, -0.15) is 0 Å². The molecule has 2 unspecified atom stereocenters. The van der Waals surface area contributed by atoms with Gasteiger partial charge < -0.3 is 15.5 Å². The molecule has 2 fully saturated rings. The molecule has 2 aliphatic rings. The van der Waals surface area contributed by atoms with Gasteiger partial charge in [-0.25, -0.2) is 4.79 Å². The first-order valence-corrected chi connectivity index (χ1v) is 9.91. The molecule has 146 valence electrons. The molecule has 1 saturated carbocycles. The number of pyridine rings is 1. The molecule has 1 aromatic carbocycles. The topological polar surface area (TPSA) is 74.3 Å². The van der Waals surface area contributed by atoms with Crippen LogP contribution in [0, 0.1) is 11.3 Å². The van der Waals surface area contributed by atoms with Crippen molar-refractivity contribution in [2.24, 2.45) is 11.3 Å². The Bertz CT molecular complexity index is 853. The lowest BCUT2D eigenvalue weighted by atomic mass is 10.0. The van der Waals surface area contributed by atoms with Gasteiger partial charge in [0.1, 0.15) is 0 Å². The van der Waals surface area contributed by atoms with Gasteiger partial charge in [-0.15, -0.1) is 0 Å². The van der Waals surface area contributed by atoms with Crippen molar-refractivity contribution in [3.8, 4) is 0 Å². The van der Waals surface area contributed by atoms with E-state index in [0.29, 0.717) is 19.6 Å². The Labute approximate surface area is 165 Å². The minimum absolute atomic E-state index is 0.0102. The van der Waals surface area contributed by atoms with E-state index in [1.807, 2.05) is 41.3 Å². The van der Waals surface area contributed by atoms with E-state index in [2.05, 4.69) is 22.5 Å². The third-order valence-corrected chi connectivity index (χ3v) is 6.01. The molecule has 28 heavy (non-hydrogen) atoms. The number of aromatic nitrogens is 1. The summed E-state index contributed by atoms with van der Waals surface area (Å²) in [5.74, 6) is 0.102. The second-order valence-electron chi connectivity index (χ2n) is 7.84. The van der Waals surface area contributed by atoms with Gasteiger partial charge in [0.2, 0.25) is 5.91 Å². The molecule has 0 bridgehead atoms. The summed E-state index contributed by atoms with van der Waals surface area (Å²) in [5, 5.41) is 5.99. The van der Waals surface area contributed by atoms with Crippen molar-refractivity contribution in [1.29, 1.82) is 0 Å². The van der Waals surface area contributed by atoms with Crippen molar-refractivity contribution in [2.45, 2.75) is 32.7 Å². The van der Waals surface area contributed by atoms with Crippen LogP contribution in [0.4, 0.5) is 10.5 Å². The summed E-state index contributed by atoms with van der Waals surface area (Å²) in [4.78, 5) is 30.9. The number of amides is 3. The van der Waals surface area contributed by atoms with Crippen LogP contribution in [-0.4, -0.2) is 34.9 Å². The maximum Gasteiger partial charge on any atom is 0.321 e. The third-order valence-electron chi connectivity index (χ3n) is 6.01. The first-order valence-electron chi connectivity index (χ1n) is 9.91. The molecule has 4 rings (SSSR count). The summed E-state index contributed by atoms with van der Waals surface area (Å²) < 4.78 is 0. The zero-order valence-electron chi connectivity index (χ0n) is 16.1. The van der Waals surface area contributed by atoms with E-state index >= 15 is 0 Å². The quantitative estimate of drug-likeness (QED) is 0.839. The van der Waals surface area contributed by atoms with E-state index in [0.717, 1.165) is 30.5 Å². The van der Waals surface area contributed by atoms with E-state index in [-0.39, 0.29) is 23.3 Å².